The number of aliphatic hydroxyl groups excluding tert-OH is 1. The van der Waals surface area contributed by atoms with Crippen LogP contribution in [0.25, 0.3) is 0 Å². The smallest absolute Gasteiger partial charge is 0.0478 e. The zero-order valence-electron chi connectivity index (χ0n) is 11.7. The van der Waals surface area contributed by atoms with E-state index < -0.39 is 0 Å². The highest BCUT2D eigenvalue weighted by Crippen LogP contribution is 2.22. The topological polar surface area (TPSA) is 23.5 Å². The lowest BCUT2D eigenvalue weighted by molar-refractivity contribution is 0.193. The highest BCUT2D eigenvalue weighted by Gasteiger charge is 2.15. The molecular formula is C15H25NO. The molecule has 1 N–H and O–H groups in total. The van der Waals surface area contributed by atoms with Crippen LogP contribution in [0.5, 0.6) is 0 Å². The van der Waals surface area contributed by atoms with Gasteiger partial charge in [0.25, 0.3) is 0 Å². The Morgan fingerprint density at radius 2 is 1.88 bits per heavy atom. The number of rotatable bonds is 5. The molecule has 1 aromatic carbocycles. The normalized spacial score (nSPS) is 12.9. The second-order valence-corrected chi connectivity index (χ2v) is 5.36. The average Bonchev–Trinajstić information content (AvgIpc) is 2.24. The first-order valence-electron chi connectivity index (χ1n) is 6.35. The van der Waals surface area contributed by atoms with E-state index in [1.807, 2.05) is 0 Å². The molecule has 1 aromatic rings. The van der Waals surface area contributed by atoms with Crippen LogP contribution in [0.4, 0.5) is 5.69 Å². The number of aryl methyl sites for hydroxylation is 2. The summed E-state index contributed by atoms with van der Waals surface area (Å²) >= 11 is 0. The lowest BCUT2D eigenvalue weighted by Crippen LogP contribution is -2.31. The van der Waals surface area contributed by atoms with Crippen LogP contribution in [-0.2, 0) is 0 Å². The summed E-state index contributed by atoms with van der Waals surface area (Å²) in [6.07, 6.45) is 0. The maximum absolute atomic E-state index is 9.38. The Morgan fingerprint density at radius 3 is 2.35 bits per heavy atom. The van der Waals surface area contributed by atoms with Crippen molar-refractivity contribution in [1.82, 2.24) is 0 Å². The summed E-state index contributed by atoms with van der Waals surface area (Å²) in [5, 5.41) is 9.38. The third kappa shape index (κ3) is 3.74. The first kappa shape index (κ1) is 14.0. The Kier molecular flexibility index (Phi) is 5.01. The average molecular weight is 235 g/mol. The third-order valence-electron chi connectivity index (χ3n) is 3.45. The van der Waals surface area contributed by atoms with Crippen LogP contribution in [0.2, 0.25) is 0 Å². The molecule has 0 aliphatic heterocycles. The molecule has 1 atom stereocenters. The Bertz CT molecular complexity index is 360. The molecule has 96 valence electrons. The molecule has 0 saturated heterocycles. The molecule has 0 aliphatic carbocycles. The Hall–Kier alpha value is -1.02. The predicted molar refractivity (Wildman–Crippen MR) is 74.6 cm³/mol. The van der Waals surface area contributed by atoms with Crippen LogP contribution < -0.4 is 4.90 Å². The molecule has 0 amide bonds. The van der Waals surface area contributed by atoms with E-state index >= 15 is 0 Å². The summed E-state index contributed by atoms with van der Waals surface area (Å²) in [5.74, 6) is 0.842. The van der Waals surface area contributed by atoms with E-state index in [2.05, 4.69) is 57.8 Å². The van der Waals surface area contributed by atoms with Crippen molar-refractivity contribution in [1.29, 1.82) is 0 Å². The van der Waals surface area contributed by atoms with Crippen LogP contribution in [0.3, 0.4) is 0 Å². The molecular weight excluding hydrogens is 210 g/mol. The largest absolute Gasteiger partial charge is 0.396 e. The second kappa shape index (κ2) is 6.06. The van der Waals surface area contributed by atoms with E-state index in [0.29, 0.717) is 11.8 Å². The SMILES string of the molecule is Cc1ccc(N(C)CC(CO)C(C)C)c(C)c1. The van der Waals surface area contributed by atoms with E-state index in [1.54, 1.807) is 0 Å². The first-order valence-corrected chi connectivity index (χ1v) is 6.35. The quantitative estimate of drug-likeness (QED) is 0.848. The van der Waals surface area contributed by atoms with Gasteiger partial charge >= 0.3 is 0 Å². The van der Waals surface area contributed by atoms with Gasteiger partial charge in [-0.2, -0.15) is 0 Å². The highest BCUT2D eigenvalue weighted by molar-refractivity contribution is 5.53. The van der Waals surface area contributed by atoms with E-state index in [0.717, 1.165) is 6.54 Å². The van der Waals surface area contributed by atoms with Crippen molar-refractivity contribution >= 4 is 5.69 Å². The minimum atomic E-state index is 0.257. The van der Waals surface area contributed by atoms with Crippen molar-refractivity contribution in [2.75, 3.05) is 25.1 Å². The summed E-state index contributed by atoms with van der Waals surface area (Å²) in [6.45, 7) is 9.74. The van der Waals surface area contributed by atoms with Gasteiger partial charge in [0.05, 0.1) is 0 Å². The highest BCUT2D eigenvalue weighted by atomic mass is 16.3. The zero-order valence-corrected chi connectivity index (χ0v) is 11.7. The fourth-order valence-corrected chi connectivity index (χ4v) is 2.16. The summed E-state index contributed by atoms with van der Waals surface area (Å²) in [4.78, 5) is 2.25. The molecule has 0 fully saturated rings. The van der Waals surface area contributed by atoms with Crippen molar-refractivity contribution in [3.8, 4) is 0 Å². The molecule has 2 heteroatoms. The fraction of sp³-hybridized carbons (Fsp3) is 0.600. The van der Waals surface area contributed by atoms with Crippen LogP contribution in [-0.4, -0.2) is 25.3 Å². The maximum atomic E-state index is 9.38. The molecule has 0 spiro atoms. The van der Waals surface area contributed by atoms with Gasteiger partial charge in [0.1, 0.15) is 0 Å². The summed E-state index contributed by atoms with van der Waals surface area (Å²) < 4.78 is 0. The Balaban J connectivity index is 2.78. The Labute approximate surface area is 105 Å². The fourth-order valence-electron chi connectivity index (χ4n) is 2.16. The van der Waals surface area contributed by atoms with Gasteiger partial charge in [0, 0.05) is 31.8 Å². The number of nitrogens with zero attached hydrogens (tertiary/aromatic N) is 1. The number of hydrogen-bond acceptors (Lipinski definition) is 2. The molecule has 0 bridgehead atoms. The predicted octanol–water partition coefficient (Wildman–Crippen LogP) is 3.00. The monoisotopic (exact) mass is 235 g/mol. The van der Waals surface area contributed by atoms with Gasteiger partial charge in [-0.15, -0.1) is 0 Å². The van der Waals surface area contributed by atoms with Gasteiger partial charge in [0.15, 0.2) is 0 Å². The van der Waals surface area contributed by atoms with Crippen molar-refractivity contribution < 1.29 is 5.11 Å². The van der Waals surface area contributed by atoms with E-state index in [1.165, 1.54) is 16.8 Å². The number of benzene rings is 1. The molecule has 1 unspecified atom stereocenters. The molecule has 0 radical (unpaired) electrons. The maximum Gasteiger partial charge on any atom is 0.0478 e. The lowest BCUT2D eigenvalue weighted by Gasteiger charge is -2.28. The van der Waals surface area contributed by atoms with Crippen molar-refractivity contribution in [3.63, 3.8) is 0 Å². The standard InChI is InChI=1S/C15H25NO/c1-11(2)14(10-17)9-16(5)15-7-6-12(3)8-13(15)4/h6-8,11,14,17H,9-10H2,1-5H3. The van der Waals surface area contributed by atoms with Crippen LogP contribution in [0, 0.1) is 25.7 Å². The van der Waals surface area contributed by atoms with E-state index in [-0.39, 0.29) is 6.61 Å². The number of hydrogen-bond donors (Lipinski definition) is 1. The van der Waals surface area contributed by atoms with Crippen LogP contribution >= 0.6 is 0 Å². The zero-order chi connectivity index (χ0) is 13.0. The van der Waals surface area contributed by atoms with Gasteiger partial charge in [-0.3, -0.25) is 0 Å². The first-order chi connectivity index (χ1) is 7.95. The summed E-state index contributed by atoms with van der Waals surface area (Å²) in [7, 11) is 2.10. The minimum Gasteiger partial charge on any atom is -0.396 e. The van der Waals surface area contributed by atoms with Crippen LogP contribution in [0.15, 0.2) is 18.2 Å². The van der Waals surface area contributed by atoms with Gasteiger partial charge in [-0.25, -0.2) is 0 Å². The minimum absolute atomic E-state index is 0.257. The third-order valence-corrected chi connectivity index (χ3v) is 3.45. The van der Waals surface area contributed by atoms with Crippen molar-refractivity contribution in [3.05, 3.63) is 29.3 Å². The molecule has 0 aromatic heterocycles. The lowest BCUT2D eigenvalue weighted by atomic mass is 9.96. The van der Waals surface area contributed by atoms with Gasteiger partial charge in [-0.1, -0.05) is 31.5 Å². The van der Waals surface area contributed by atoms with Crippen molar-refractivity contribution in [2.45, 2.75) is 27.7 Å². The Morgan fingerprint density at radius 1 is 1.24 bits per heavy atom. The van der Waals surface area contributed by atoms with E-state index in [4.69, 9.17) is 0 Å². The summed E-state index contributed by atoms with van der Waals surface area (Å²) in [6, 6.07) is 6.51. The van der Waals surface area contributed by atoms with Crippen molar-refractivity contribution in [2.24, 2.45) is 11.8 Å². The van der Waals surface area contributed by atoms with Gasteiger partial charge in [-0.05, 0) is 31.4 Å². The number of aliphatic hydroxyl groups is 1. The van der Waals surface area contributed by atoms with Gasteiger partial charge in [0.2, 0.25) is 0 Å². The number of anilines is 1. The molecule has 2 nitrogen and oxygen atoms in total. The molecule has 17 heavy (non-hydrogen) atoms. The second-order valence-electron chi connectivity index (χ2n) is 5.36. The molecule has 1 rings (SSSR count). The molecule has 0 heterocycles. The van der Waals surface area contributed by atoms with E-state index in [9.17, 15) is 5.11 Å². The van der Waals surface area contributed by atoms with Crippen LogP contribution in [0.1, 0.15) is 25.0 Å². The summed E-state index contributed by atoms with van der Waals surface area (Å²) in [5.41, 5.74) is 3.85. The molecule has 0 aliphatic rings. The van der Waals surface area contributed by atoms with Gasteiger partial charge < -0.3 is 10.0 Å². The molecule has 0 saturated carbocycles.